The van der Waals surface area contributed by atoms with Crippen molar-refractivity contribution in [2.75, 3.05) is 51.4 Å². The number of carbonyl (C=O) groups is 1. The Labute approximate surface area is 187 Å². The van der Waals surface area contributed by atoms with Crippen molar-refractivity contribution in [2.24, 2.45) is 0 Å². The second kappa shape index (κ2) is 9.43. The molecule has 0 bridgehead atoms. The van der Waals surface area contributed by atoms with Crippen LogP contribution < -0.4 is 9.64 Å². The number of thiazole rings is 1. The number of morpholine rings is 1. The van der Waals surface area contributed by atoms with Gasteiger partial charge in [0, 0.05) is 31.7 Å². The predicted molar refractivity (Wildman–Crippen MR) is 117 cm³/mol. The van der Waals surface area contributed by atoms with Crippen LogP contribution in [0, 0.1) is 0 Å². The monoisotopic (exact) mass is 465 g/mol. The van der Waals surface area contributed by atoms with Crippen LogP contribution in [0.1, 0.15) is 15.9 Å². The van der Waals surface area contributed by atoms with Gasteiger partial charge in [-0.2, -0.15) is 13.2 Å². The van der Waals surface area contributed by atoms with E-state index in [4.69, 9.17) is 9.47 Å². The van der Waals surface area contributed by atoms with Crippen molar-refractivity contribution in [2.45, 2.75) is 6.18 Å². The van der Waals surface area contributed by atoms with E-state index in [1.165, 1.54) is 28.4 Å². The van der Waals surface area contributed by atoms with Crippen LogP contribution in [0.2, 0.25) is 0 Å². The predicted octanol–water partition coefficient (Wildman–Crippen LogP) is 4.30. The van der Waals surface area contributed by atoms with Crippen LogP contribution >= 0.6 is 11.3 Å². The Morgan fingerprint density at radius 3 is 2.72 bits per heavy atom. The van der Waals surface area contributed by atoms with Crippen molar-refractivity contribution in [1.82, 2.24) is 9.88 Å². The minimum absolute atomic E-state index is 0.0290. The number of fused-ring (bicyclic) bond motifs is 1. The van der Waals surface area contributed by atoms with Crippen LogP contribution in [0.5, 0.6) is 5.75 Å². The van der Waals surface area contributed by atoms with E-state index in [9.17, 15) is 18.0 Å². The van der Waals surface area contributed by atoms with Gasteiger partial charge in [-0.05, 0) is 36.4 Å². The van der Waals surface area contributed by atoms with Crippen LogP contribution in [-0.2, 0) is 10.9 Å². The number of hydrogen-bond donors (Lipinski definition) is 0. The van der Waals surface area contributed by atoms with Gasteiger partial charge < -0.3 is 9.47 Å². The highest BCUT2D eigenvalue weighted by molar-refractivity contribution is 7.22. The fourth-order valence-electron chi connectivity index (χ4n) is 3.47. The van der Waals surface area contributed by atoms with Crippen LogP contribution in [0.15, 0.2) is 42.5 Å². The van der Waals surface area contributed by atoms with Crippen LogP contribution in [-0.4, -0.2) is 62.3 Å². The lowest BCUT2D eigenvalue weighted by atomic mass is 10.1. The zero-order chi connectivity index (χ0) is 22.7. The number of methoxy groups -OCH3 is 1. The molecule has 1 saturated heterocycles. The second-order valence-corrected chi connectivity index (χ2v) is 8.33. The molecule has 1 aromatic heterocycles. The van der Waals surface area contributed by atoms with Gasteiger partial charge in [0.05, 0.1) is 36.1 Å². The van der Waals surface area contributed by atoms with Crippen molar-refractivity contribution in [3.05, 3.63) is 53.6 Å². The van der Waals surface area contributed by atoms with Crippen molar-refractivity contribution in [1.29, 1.82) is 0 Å². The Bertz CT molecular complexity index is 1100. The molecule has 32 heavy (non-hydrogen) atoms. The molecule has 2 heterocycles. The first kappa shape index (κ1) is 22.5. The number of benzene rings is 2. The van der Waals surface area contributed by atoms with Crippen molar-refractivity contribution in [3.8, 4) is 5.75 Å². The van der Waals surface area contributed by atoms with Gasteiger partial charge in [0.2, 0.25) is 0 Å². The van der Waals surface area contributed by atoms with Crippen molar-refractivity contribution in [3.63, 3.8) is 0 Å². The van der Waals surface area contributed by atoms with Gasteiger partial charge in [0.15, 0.2) is 5.13 Å². The molecule has 0 spiro atoms. The van der Waals surface area contributed by atoms with Crippen LogP contribution in [0.3, 0.4) is 0 Å². The summed E-state index contributed by atoms with van der Waals surface area (Å²) in [5.41, 5.74) is -0.192. The van der Waals surface area contributed by atoms with E-state index in [-0.39, 0.29) is 5.56 Å². The lowest BCUT2D eigenvalue weighted by molar-refractivity contribution is -0.137. The zero-order valence-corrected chi connectivity index (χ0v) is 18.2. The second-order valence-electron chi connectivity index (χ2n) is 7.32. The lowest BCUT2D eigenvalue weighted by Gasteiger charge is -2.29. The first-order valence-electron chi connectivity index (χ1n) is 10.1. The molecule has 4 rings (SSSR count). The number of ether oxygens (including phenoxy) is 2. The Kier molecular flexibility index (Phi) is 6.63. The number of alkyl halides is 3. The van der Waals surface area contributed by atoms with E-state index in [0.717, 1.165) is 29.9 Å². The third-order valence-corrected chi connectivity index (χ3v) is 6.28. The summed E-state index contributed by atoms with van der Waals surface area (Å²) in [5, 5.41) is 0.434. The summed E-state index contributed by atoms with van der Waals surface area (Å²) < 4.78 is 51.0. The molecular formula is C22H22F3N3O3S. The van der Waals surface area contributed by atoms with E-state index in [2.05, 4.69) is 9.88 Å². The van der Waals surface area contributed by atoms with Gasteiger partial charge in [0.25, 0.3) is 5.91 Å². The number of amides is 1. The summed E-state index contributed by atoms with van der Waals surface area (Å²) in [6, 6.07) is 9.89. The lowest BCUT2D eigenvalue weighted by Crippen LogP contribution is -2.43. The first-order chi connectivity index (χ1) is 15.3. The van der Waals surface area contributed by atoms with Gasteiger partial charge in [-0.3, -0.25) is 14.6 Å². The van der Waals surface area contributed by atoms with Gasteiger partial charge in [-0.1, -0.05) is 17.4 Å². The SMILES string of the molecule is COc1ccc2nc(N(CCN3CCOCC3)C(=O)c3cccc(C(F)(F)F)c3)sc2c1. The largest absolute Gasteiger partial charge is 0.497 e. The molecule has 0 N–H and O–H groups in total. The van der Waals surface area contributed by atoms with E-state index < -0.39 is 17.6 Å². The minimum atomic E-state index is -4.53. The molecule has 6 nitrogen and oxygen atoms in total. The van der Waals surface area contributed by atoms with Gasteiger partial charge >= 0.3 is 6.18 Å². The Morgan fingerprint density at radius 2 is 2.00 bits per heavy atom. The summed E-state index contributed by atoms with van der Waals surface area (Å²) in [4.78, 5) is 21.5. The topological polar surface area (TPSA) is 54.9 Å². The number of halogens is 3. The van der Waals surface area contributed by atoms with Crippen LogP contribution in [0.25, 0.3) is 10.2 Å². The third-order valence-electron chi connectivity index (χ3n) is 5.24. The highest BCUT2D eigenvalue weighted by Gasteiger charge is 2.32. The van der Waals surface area contributed by atoms with Crippen molar-refractivity contribution < 1.29 is 27.4 Å². The van der Waals surface area contributed by atoms with E-state index in [1.807, 2.05) is 6.07 Å². The maximum absolute atomic E-state index is 13.4. The minimum Gasteiger partial charge on any atom is -0.497 e. The number of rotatable bonds is 6. The molecule has 2 aromatic carbocycles. The fourth-order valence-corrected chi connectivity index (χ4v) is 4.49. The summed E-state index contributed by atoms with van der Waals surface area (Å²) in [5.74, 6) is 0.146. The molecule has 0 saturated carbocycles. The molecule has 10 heteroatoms. The van der Waals surface area contributed by atoms with Crippen LogP contribution in [0.4, 0.5) is 18.3 Å². The molecule has 1 fully saturated rings. The normalized spacial score (nSPS) is 15.1. The van der Waals surface area contributed by atoms with E-state index in [0.29, 0.717) is 42.7 Å². The number of nitrogens with zero attached hydrogens (tertiary/aromatic N) is 3. The summed E-state index contributed by atoms with van der Waals surface area (Å²) in [6.07, 6.45) is -4.53. The summed E-state index contributed by atoms with van der Waals surface area (Å²) >= 11 is 1.30. The molecule has 0 unspecified atom stereocenters. The smallest absolute Gasteiger partial charge is 0.416 e. The van der Waals surface area contributed by atoms with Crippen molar-refractivity contribution >= 4 is 32.6 Å². The van der Waals surface area contributed by atoms with Gasteiger partial charge in [0.1, 0.15) is 5.75 Å². The Balaban J connectivity index is 1.66. The Hall–Kier alpha value is -2.69. The number of anilines is 1. The maximum atomic E-state index is 13.4. The summed E-state index contributed by atoms with van der Waals surface area (Å²) in [7, 11) is 1.56. The molecule has 0 aliphatic carbocycles. The molecule has 1 aliphatic heterocycles. The maximum Gasteiger partial charge on any atom is 0.416 e. The molecule has 170 valence electrons. The molecule has 1 aliphatic rings. The van der Waals surface area contributed by atoms with E-state index >= 15 is 0 Å². The molecule has 0 radical (unpaired) electrons. The molecule has 1 amide bonds. The van der Waals surface area contributed by atoms with Gasteiger partial charge in [-0.15, -0.1) is 0 Å². The first-order valence-corrected chi connectivity index (χ1v) is 10.9. The molecule has 3 aromatic rings. The average Bonchev–Trinajstić information content (AvgIpc) is 3.22. The fraction of sp³-hybridized carbons (Fsp3) is 0.364. The van der Waals surface area contributed by atoms with Gasteiger partial charge in [-0.25, -0.2) is 4.98 Å². The average molecular weight is 465 g/mol. The summed E-state index contributed by atoms with van der Waals surface area (Å²) in [6.45, 7) is 3.57. The quantitative estimate of drug-likeness (QED) is 0.543. The number of aromatic nitrogens is 1. The molecule has 0 atom stereocenters. The number of carbonyl (C=O) groups excluding carboxylic acids is 1. The molecular weight excluding hydrogens is 443 g/mol. The standard InChI is InChI=1S/C22H22F3N3O3S/c1-30-17-5-6-18-19(14-17)32-21(26-18)28(8-7-27-9-11-31-12-10-27)20(29)15-3-2-4-16(13-15)22(23,24)25/h2-6,13-14H,7-12H2,1H3. The Morgan fingerprint density at radius 1 is 1.22 bits per heavy atom. The third kappa shape index (κ3) is 5.03. The van der Waals surface area contributed by atoms with E-state index in [1.54, 1.807) is 19.2 Å². The number of hydrogen-bond acceptors (Lipinski definition) is 6. The highest BCUT2D eigenvalue weighted by Crippen LogP contribution is 2.33. The zero-order valence-electron chi connectivity index (χ0n) is 17.4. The highest BCUT2D eigenvalue weighted by atomic mass is 32.1.